The van der Waals surface area contributed by atoms with Gasteiger partial charge in [0.1, 0.15) is 17.7 Å². The molecular formula is C25H25FN4O5. The number of aryl methyl sites for hydroxylation is 1. The van der Waals surface area contributed by atoms with E-state index in [1.165, 1.54) is 11.0 Å². The lowest BCUT2D eigenvalue weighted by molar-refractivity contribution is -0.119. The molecule has 0 spiro atoms. The van der Waals surface area contributed by atoms with Crippen molar-refractivity contribution < 1.29 is 28.2 Å². The zero-order chi connectivity index (χ0) is 24.1. The smallest absolute Gasteiger partial charge is 0.414 e. The molecule has 10 heteroatoms. The van der Waals surface area contributed by atoms with Crippen LogP contribution in [-0.4, -0.2) is 56.8 Å². The maximum absolute atomic E-state index is 14.7. The summed E-state index contributed by atoms with van der Waals surface area (Å²) in [5, 5.41) is 6.10. The Kier molecular flexibility index (Phi) is 5.32. The van der Waals surface area contributed by atoms with Crippen LogP contribution < -0.4 is 25.2 Å². The lowest BCUT2D eigenvalue weighted by Gasteiger charge is -2.25. The highest BCUT2D eigenvalue weighted by molar-refractivity contribution is 5.99. The zero-order valence-electron chi connectivity index (χ0n) is 19.0. The van der Waals surface area contributed by atoms with Gasteiger partial charge in [0.05, 0.1) is 17.9 Å². The van der Waals surface area contributed by atoms with E-state index in [0.29, 0.717) is 68.1 Å². The molecule has 0 aromatic heterocycles. The minimum atomic E-state index is -0.440. The first-order valence-electron chi connectivity index (χ1n) is 11.8. The summed E-state index contributed by atoms with van der Waals surface area (Å²) in [4.78, 5) is 39.7. The van der Waals surface area contributed by atoms with Crippen LogP contribution in [0.5, 0.6) is 5.75 Å². The Bertz CT molecular complexity index is 1230. The van der Waals surface area contributed by atoms with E-state index in [1.54, 1.807) is 29.2 Å². The van der Waals surface area contributed by atoms with Crippen LogP contribution in [0.15, 0.2) is 30.3 Å². The summed E-state index contributed by atoms with van der Waals surface area (Å²) in [5.41, 5.74) is 3.58. The van der Waals surface area contributed by atoms with E-state index in [4.69, 9.17) is 9.47 Å². The number of ether oxygens (including phenoxy) is 2. The van der Waals surface area contributed by atoms with Gasteiger partial charge < -0.3 is 25.0 Å². The number of hydrogen-bond donors (Lipinski definition) is 2. The summed E-state index contributed by atoms with van der Waals surface area (Å²) in [6.45, 7) is 1.97. The van der Waals surface area contributed by atoms with E-state index in [9.17, 15) is 18.8 Å². The number of halogens is 1. The molecule has 6 rings (SSSR count). The highest BCUT2D eigenvalue weighted by Crippen LogP contribution is 2.43. The average Bonchev–Trinajstić information content (AvgIpc) is 3.42. The predicted molar refractivity (Wildman–Crippen MR) is 125 cm³/mol. The molecule has 0 saturated carbocycles. The fraction of sp³-hybridized carbons (Fsp3) is 0.400. The maximum Gasteiger partial charge on any atom is 0.414 e. The Morgan fingerprint density at radius 2 is 1.97 bits per heavy atom. The summed E-state index contributed by atoms with van der Waals surface area (Å²) in [7, 11) is 0. The second-order valence-corrected chi connectivity index (χ2v) is 9.30. The molecule has 3 amide bonds. The van der Waals surface area contributed by atoms with Gasteiger partial charge in [0.15, 0.2) is 6.61 Å². The number of nitrogens with one attached hydrogen (secondary N) is 2. The van der Waals surface area contributed by atoms with Crippen LogP contribution in [0.25, 0.3) is 0 Å². The number of benzene rings is 2. The molecule has 4 heterocycles. The van der Waals surface area contributed by atoms with E-state index in [0.717, 1.165) is 11.3 Å². The quantitative estimate of drug-likeness (QED) is 0.617. The van der Waals surface area contributed by atoms with E-state index in [2.05, 4.69) is 10.6 Å². The van der Waals surface area contributed by atoms with Crippen molar-refractivity contribution in [3.8, 4) is 5.75 Å². The van der Waals surface area contributed by atoms with Crippen molar-refractivity contribution in [1.29, 1.82) is 0 Å². The van der Waals surface area contributed by atoms with Crippen molar-refractivity contribution in [2.75, 3.05) is 47.9 Å². The molecule has 182 valence electrons. The van der Waals surface area contributed by atoms with Gasteiger partial charge in [-0.3, -0.25) is 14.5 Å². The summed E-state index contributed by atoms with van der Waals surface area (Å²) >= 11 is 0. The summed E-state index contributed by atoms with van der Waals surface area (Å²) in [5.74, 6) is 0.00690. The molecule has 2 N–H and O–H groups in total. The van der Waals surface area contributed by atoms with Crippen molar-refractivity contribution in [3.05, 3.63) is 47.3 Å². The highest BCUT2D eigenvalue weighted by Gasteiger charge is 2.39. The number of carbonyl (C=O) groups is 3. The molecule has 2 aromatic carbocycles. The normalized spacial score (nSPS) is 22.5. The third-order valence-corrected chi connectivity index (χ3v) is 7.05. The molecule has 2 aromatic rings. The molecule has 0 bridgehead atoms. The Hall–Kier alpha value is -3.66. The van der Waals surface area contributed by atoms with Gasteiger partial charge in [0.25, 0.3) is 5.91 Å². The van der Waals surface area contributed by atoms with Crippen molar-refractivity contribution in [2.24, 2.45) is 0 Å². The Morgan fingerprint density at radius 3 is 2.86 bits per heavy atom. The van der Waals surface area contributed by atoms with Gasteiger partial charge in [-0.05, 0) is 49.2 Å². The first kappa shape index (κ1) is 21.8. The predicted octanol–water partition coefficient (Wildman–Crippen LogP) is 2.54. The summed E-state index contributed by atoms with van der Waals surface area (Å²) < 4.78 is 25.5. The van der Waals surface area contributed by atoms with Gasteiger partial charge in [0.2, 0.25) is 5.91 Å². The van der Waals surface area contributed by atoms with Crippen molar-refractivity contribution in [2.45, 2.75) is 31.3 Å². The molecule has 4 aliphatic rings. The molecule has 4 aliphatic heterocycles. The molecule has 35 heavy (non-hydrogen) atoms. The Morgan fingerprint density at radius 1 is 1.09 bits per heavy atom. The number of cyclic esters (lactones) is 1. The zero-order valence-corrected chi connectivity index (χ0v) is 19.0. The van der Waals surface area contributed by atoms with Gasteiger partial charge in [-0.15, -0.1) is 0 Å². The van der Waals surface area contributed by atoms with E-state index in [-0.39, 0.29) is 36.3 Å². The monoisotopic (exact) mass is 480 g/mol. The van der Waals surface area contributed by atoms with Gasteiger partial charge in [-0.1, -0.05) is 6.07 Å². The molecule has 2 atom stereocenters. The first-order chi connectivity index (χ1) is 17.0. The van der Waals surface area contributed by atoms with Crippen LogP contribution >= 0.6 is 0 Å². The largest absolute Gasteiger partial charge is 0.482 e. The second kappa shape index (κ2) is 8.53. The number of rotatable bonds is 6. The van der Waals surface area contributed by atoms with Crippen LogP contribution in [0.2, 0.25) is 0 Å². The summed E-state index contributed by atoms with van der Waals surface area (Å²) in [6.07, 6.45) is 0.982. The maximum atomic E-state index is 14.7. The topological polar surface area (TPSA) is 100 Å². The lowest BCUT2D eigenvalue weighted by atomic mass is 9.95. The van der Waals surface area contributed by atoms with Gasteiger partial charge >= 0.3 is 6.09 Å². The molecule has 0 aliphatic carbocycles. The fourth-order valence-corrected chi connectivity index (χ4v) is 5.37. The number of carbonyl (C=O) groups excluding carboxylic acids is 3. The molecule has 1 fully saturated rings. The SMILES string of the molecule is O=C1COc2ccc(N3C[C@H](CCNC[C@@H]4CN5C(=O)CCc6ccc(F)c4c65)OC3=O)cc2N1. The van der Waals surface area contributed by atoms with E-state index >= 15 is 0 Å². The summed E-state index contributed by atoms with van der Waals surface area (Å²) in [6, 6.07) is 8.48. The molecule has 0 unspecified atom stereocenters. The van der Waals surface area contributed by atoms with E-state index < -0.39 is 6.09 Å². The van der Waals surface area contributed by atoms with Gasteiger partial charge in [-0.2, -0.15) is 0 Å². The Labute approximate surface area is 201 Å². The first-order valence-corrected chi connectivity index (χ1v) is 11.8. The fourth-order valence-electron chi connectivity index (χ4n) is 5.37. The third kappa shape index (κ3) is 3.87. The van der Waals surface area contributed by atoms with Crippen LogP contribution in [0.4, 0.5) is 26.2 Å². The minimum Gasteiger partial charge on any atom is -0.482 e. The molecule has 9 nitrogen and oxygen atoms in total. The molecular weight excluding hydrogens is 455 g/mol. The average molecular weight is 480 g/mol. The van der Waals surface area contributed by atoms with Gasteiger partial charge in [0, 0.05) is 36.7 Å². The second-order valence-electron chi connectivity index (χ2n) is 9.30. The minimum absolute atomic E-state index is 0.0260. The molecule has 1 saturated heterocycles. The number of fused-ring (bicyclic) bond motifs is 1. The number of amides is 3. The van der Waals surface area contributed by atoms with Crippen LogP contribution in [-0.2, 0) is 20.7 Å². The lowest BCUT2D eigenvalue weighted by Crippen LogP contribution is -2.35. The number of anilines is 3. The van der Waals surface area contributed by atoms with Crippen LogP contribution in [0.1, 0.15) is 29.9 Å². The number of hydrogen-bond acceptors (Lipinski definition) is 6. The Balaban J connectivity index is 1.05. The highest BCUT2D eigenvalue weighted by atomic mass is 19.1. The van der Waals surface area contributed by atoms with Crippen LogP contribution in [0.3, 0.4) is 0 Å². The van der Waals surface area contributed by atoms with Crippen molar-refractivity contribution in [1.82, 2.24) is 5.32 Å². The third-order valence-electron chi connectivity index (χ3n) is 7.05. The standard InChI is InChI=1S/C25H25FN4O5/c26-18-4-1-14-2-6-22(32)30-11-15(23(18)24(14)30)10-27-8-7-17-12-29(25(33)35-17)16-3-5-20-19(9-16)28-21(31)13-34-20/h1,3-5,9,15,17,27H,2,6-8,10-13H2,(H,28,31)/t15-,17+/m1/s1. The van der Waals surface area contributed by atoms with Gasteiger partial charge in [-0.25, -0.2) is 9.18 Å². The van der Waals surface area contributed by atoms with Crippen molar-refractivity contribution in [3.63, 3.8) is 0 Å². The van der Waals surface area contributed by atoms with Crippen molar-refractivity contribution >= 4 is 35.0 Å². The van der Waals surface area contributed by atoms with E-state index in [1.807, 2.05) is 0 Å². The molecule has 0 radical (unpaired) electrons. The van der Waals surface area contributed by atoms with Crippen LogP contribution in [0, 0.1) is 5.82 Å². The number of nitrogens with zero attached hydrogens (tertiary/aromatic N) is 2.